The summed E-state index contributed by atoms with van der Waals surface area (Å²) in [5.74, 6) is 0. The Balaban J connectivity index is 2.21. The van der Waals surface area contributed by atoms with E-state index in [-0.39, 0.29) is 0 Å². The van der Waals surface area contributed by atoms with Crippen molar-refractivity contribution in [3.05, 3.63) is 15.6 Å². The summed E-state index contributed by atoms with van der Waals surface area (Å²) in [7, 11) is 0. The molecule has 1 aliphatic carbocycles. The third-order valence-corrected chi connectivity index (χ3v) is 4.02. The Bertz CT molecular complexity index is 328. The summed E-state index contributed by atoms with van der Waals surface area (Å²) in [6.07, 6.45) is 4.57. The van der Waals surface area contributed by atoms with Crippen LogP contribution in [0.15, 0.2) is 0 Å². The van der Waals surface area contributed by atoms with Crippen molar-refractivity contribution in [2.45, 2.75) is 39.5 Å². The van der Waals surface area contributed by atoms with E-state index in [0.717, 1.165) is 19.4 Å². The first-order valence-electron chi connectivity index (χ1n) is 5.28. The van der Waals surface area contributed by atoms with Crippen molar-refractivity contribution in [1.29, 1.82) is 0 Å². The molecule has 0 atom stereocenters. The smallest absolute Gasteiger partial charge is 0.0943 e. The van der Waals surface area contributed by atoms with Crippen molar-refractivity contribution < 1.29 is 0 Å². The molecule has 2 rings (SSSR count). The maximum atomic E-state index is 5.54. The first-order chi connectivity index (χ1) is 6.61. The third kappa shape index (κ3) is 1.98. The molecule has 1 aliphatic rings. The normalized spacial score (nSPS) is 19.4. The van der Waals surface area contributed by atoms with Gasteiger partial charge in [0.25, 0.3) is 0 Å². The highest BCUT2D eigenvalue weighted by atomic mass is 32.1. The maximum absolute atomic E-state index is 5.54. The Labute approximate surface area is 89.5 Å². The van der Waals surface area contributed by atoms with Gasteiger partial charge in [-0.3, -0.25) is 0 Å². The Morgan fingerprint density at radius 1 is 1.50 bits per heavy atom. The molecule has 0 amide bonds. The first kappa shape index (κ1) is 10.1. The second kappa shape index (κ2) is 3.63. The minimum Gasteiger partial charge on any atom is -0.330 e. The number of aromatic nitrogens is 1. The number of hydrogen-bond acceptors (Lipinski definition) is 3. The summed E-state index contributed by atoms with van der Waals surface area (Å²) in [6.45, 7) is 5.41. The van der Waals surface area contributed by atoms with Gasteiger partial charge >= 0.3 is 0 Å². The van der Waals surface area contributed by atoms with Gasteiger partial charge in [-0.2, -0.15) is 0 Å². The van der Waals surface area contributed by atoms with Crippen LogP contribution >= 0.6 is 11.3 Å². The Kier molecular flexibility index (Phi) is 2.62. The van der Waals surface area contributed by atoms with E-state index in [4.69, 9.17) is 5.73 Å². The molecule has 0 saturated heterocycles. The predicted molar refractivity (Wildman–Crippen MR) is 60.7 cm³/mol. The highest BCUT2D eigenvalue weighted by Gasteiger charge is 2.27. The van der Waals surface area contributed by atoms with Crippen molar-refractivity contribution in [2.24, 2.45) is 11.1 Å². The fourth-order valence-corrected chi connectivity index (χ4v) is 3.37. The average Bonchev–Trinajstić information content (AvgIpc) is 2.45. The molecule has 0 aromatic carbocycles. The molecule has 78 valence electrons. The summed E-state index contributed by atoms with van der Waals surface area (Å²) in [6, 6.07) is 0. The molecule has 1 heterocycles. The quantitative estimate of drug-likeness (QED) is 0.812. The van der Waals surface area contributed by atoms with Crippen LogP contribution in [0.4, 0.5) is 0 Å². The van der Waals surface area contributed by atoms with Crippen LogP contribution in [0.1, 0.15) is 35.8 Å². The van der Waals surface area contributed by atoms with Gasteiger partial charge in [-0.25, -0.2) is 4.98 Å². The van der Waals surface area contributed by atoms with Crippen molar-refractivity contribution >= 4 is 11.3 Å². The lowest BCUT2D eigenvalue weighted by molar-refractivity contribution is 0.316. The largest absolute Gasteiger partial charge is 0.330 e. The van der Waals surface area contributed by atoms with Gasteiger partial charge in [0, 0.05) is 11.3 Å². The van der Waals surface area contributed by atoms with Crippen LogP contribution in [0.5, 0.6) is 0 Å². The monoisotopic (exact) mass is 210 g/mol. The molecule has 2 N–H and O–H groups in total. The second-order valence-electron chi connectivity index (χ2n) is 4.86. The van der Waals surface area contributed by atoms with E-state index >= 15 is 0 Å². The lowest BCUT2D eigenvalue weighted by atomic mass is 9.79. The molecule has 0 radical (unpaired) electrons. The van der Waals surface area contributed by atoms with Gasteiger partial charge in [0.1, 0.15) is 0 Å². The molecular weight excluding hydrogens is 192 g/mol. The van der Waals surface area contributed by atoms with Crippen LogP contribution in [-0.2, 0) is 19.3 Å². The summed E-state index contributed by atoms with van der Waals surface area (Å²) >= 11 is 1.87. The van der Waals surface area contributed by atoms with Crippen LogP contribution < -0.4 is 5.73 Å². The molecule has 0 spiro atoms. The molecule has 1 aromatic rings. The van der Waals surface area contributed by atoms with Gasteiger partial charge < -0.3 is 5.73 Å². The lowest BCUT2D eigenvalue weighted by Crippen LogP contribution is -2.20. The number of nitrogens with two attached hydrogens (primary N) is 1. The van der Waals surface area contributed by atoms with E-state index in [9.17, 15) is 0 Å². The molecule has 2 nitrogen and oxygen atoms in total. The Hall–Kier alpha value is -0.410. The number of aryl methyl sites for hydroxylation is 1. The van der Waals surface area contributed by atoms with Crippen molar-refractivity contribution in [3.8, 4) is 0 Å². The van der Waals surface area contributed by atoms with Crippen molar-refractivity contribution in [2.75, 3.05) is 6.54 Å². The van der Waals surface area contributed by atoms with E-state index in [1.54, 1.807) is 0 Å². The molecule has 0 unspecified atom stereocenters. The van der Waals surface area contributed by atoms with Crippen molar-refractivity contribution in [1.82, 2.24) is 4.98 Å². The zero-order valence-electron chi connectivity index (χ0n) is 8.97. The zero-order valence-corrected chi connectivity index (χ0v) is 9.78. The SMILES string of the molecule is CC1(C)CCc2nc(CCN)sc2C1. The average molecular weight is 210 g/mol. The van der Waals surface area contributed by atoms with E-state index in [1.807, 2.05) is 11.3 Å². The van der Waals surface area contributed by atoms with Gasteiger partial charge in [-0.05, 0) is 31.2 Å². The molecule has 0 bridgehead atoms. The van der Waals surface area contributed by atoms with Gasteiger partial charge in [-0.1, -0.05) is 13.8 Å². The molecular formula is C11H18N2S. The fraction of sp³-hybridized carbons (Fsp3) is 0.727. The number of fused-ring (bicyclic) bond motifs is 1. The fourth-order valence-electron chi connectivity index (χ4n) is 1.98. The van der Waals surface area contributed by atoms with E-state index in [1.165, 1.54) is 28.4 Å². The summed E-state index contributed by atoms with van der Waals surface area (Å²) in [5.41, 5.74) is 7.36. The van der Waals surface area contributed by atoms with E-state index in [2.05, 4.69) is 18.8 Å². The molecule has 3 heteroatoms. The number of hydrogen-bond donors (Lipinski definition) is 1. The number of nitrogens with zero attached hydrogens (tertiary/aromatic N) is 1. The van der Waals surface area contributed by atoms with Crippen LogP contribution in [0.25, 0.3) is 0 Å². The van der Waals surface area contributed by atoms with Gasteiger partial charge in [0.2, 0.25) is 0 Å². The minimum atomic E-state index is 0.472. The van der Waals surface area contributed by atoms with Crippen LogP contribution in [0, 0.1) is 5.41 Å². The highest BCUT2D eigenvalue weighted by Crippen LogP contribution is 2.37. The zero-order chi connectivity index (χ0) is 10.2. The molecule has 0 saturated carbocycles. The van der Waals surface area contributed by atoms with Crippen LogP contribution in [0.2, 0.25) is 0 Å². The molecule has 0 fully saturated rings. The predicted octanol–water partition coefficient (Wildman–Crippen LogP) is 2.16. The second-order valence-corrected chi connectivity index (χ2v) is 6.03. The number of rotatable bonds is 2. The van der Waals surface area contributed by atoms with Crippen LogP contribution in [-0.4, -0.2) is 11.5 Å². The third-order valence-electron chi connectivity index (χ3n) is 2.86. The van der Waals surface area contributed by atoms with Gasteiger partial charge in [0.05, 0.1) is 10.7 Å². The first-order valence-corrected chi connectivity index (χ1v) is 6.10. The number of thiazole rings is 1. The van der Waals surface area contributed by atoms with Gasteiger partial charge in [-0.15, -0.1) is 11.3 Å². The topological polar surface area (TPSA) is 38.9 Å². The molecule has 0 aliphatic heterocycles. The molecule has 1 aromatic heterocycles. The Morgan fingerprint density at radius 3 is 3.00 bits per heavy atom. The summed E-state index contributed by atoms with van der Waals surface area (Å²) in [4.78, 5) is 6.15. The van der Waals surface area contributed by atoms with Crippen LogP contribution in [0.3, 0.4) is 0 Å². The summed E-state index contributed by atoms with van der Waals surface area (Å²) in [5, 5.41) is 1.23. The summed E-state index contributed by atoms with van der Waals surface area (Å²) < 4.78 is 0. The standard InChI is InChI=1S/C11H18N2S/c1-11(2)5-3-8-9(7-11)14-10(13-8)4-6-12/h3-7,12H2,1-2H3. The minimum absolute atomic E-state index is 0.472. The highest BCUT2D eigenvalue weighted by molar-refractivity contribution is 7.11. The maximum Gasteiger partial charge on any atom is 0.0943 e. The van der Waals surface area contributed by atoms with Crippen molar-refractivity contribution in [3.63, 3.8) is 0 Å². The molecule has 14 heavy (non-hydrogen) atoms. The van der Waals surface area contributed by atoms with E-state index in [0.29, 0.717) is 5.41 Å². The van der Waals surface area contributed by atoms with Gasteiger partial charge in [0.15, 0.2) is 0 Å². The van der Waals surface area contributed by atoms with E-state index < -0.39 is 0 Å². The Morgan fingerprint density at radius 2 is 2.29 bits per heavy atom. The lowest BCUT2D eigenvalue weighted by Gasteiger charge is -2.28.